The molecule has 0 heterocycles. The molecule has 1 atom stereocenters. The summed E-state index contributed by atoms with van der Waals surface area (Å²) in [6.07, 6.45) is 41.0. The van der Waals surface area contributed by atoms with Crippen LogP contribution in [0.15, 0.2) is 0 Å². The molecule has 0 rings (SSSR count). The molecule has 0 saturated heterocycles. The van der Waals surface area contributed by atoms with Gasteiger partial charge >= 0.3 is 17.9 Å². The van der Waals surface area contributed by atoms with E-state index in [1.165, 1.54) is 154 Å². The molecule has 0 aromatic rings. The SMILES string of the molecule is CCCCCCCCCCCCCCCCCC(=O)OCC(COC(=O)CCCCCCCC)OC(=O)CCCCCCCCCCCCCC. The zero-order valence-electron chi connectivity index (χ0n) is 34.4. The van der Waals surface area contributed by atoms with Gasteiger partial charge in [-0.15, -0.1) is 0 Å². The largest absolute Gasteiger partial charge is 0.462 e. The van der Waals surface area contributed by atoms with Gasteiger partial charge < -0.3 is 14.2 Å². The highest BCUT2D eigenvalue weighted by atomic mass is 16.6. The summed E-state index contributed by atoms with van der Waals surface area (Å²) in [6.45, 7) is 6.59. The molecule has 0 saturated carbocycles. The van der Waals surface area contributed by atoms with Crippen LogP contribution in [-0.2, 0) is 28.6 Å². The summed E-state index contributed by atoms with van der Waals surface area (Å²) in [5.74, 6) is -0.862. The van der Waals surface area contributed by atoms with Gasteiger partial charge in [-0.2, -0.15) is 0 Å². The van der Waals surface area contributed by atoms with E-state index < -0.39 is 6.10 Å². The average Bonchev–Trinajstić information content (AvgIpc) is 3.13. The predicted molar refractivity (Wildman–Crippen MR) is 215 cm³/mol. The van der Waals surface area contributed by atoms with Gasteiger partial charge in [-0.05, 0) is 19.3 Å². The third-order valence-electron chi connectivity index (χ3n) is 10.1. The summed E-state index contributed by atoms with van der Waals surface area (Å²) in [5, 5.41) is 0. The van der Waals surface area contributed by atoms with E-state index in [0.29, 0.717) is 19.3 Å². The van der Waals surface area contributed by atoms with Crippen LogP contribution in [0.4, 0.5) is 0 Å². The van der Waals surface area contributed by atoms with Crippen molar-refractivity contribution < 1.29 is 28.6 Å². The van der Waals surface area contributed by atoms with Crippen LogP contribution >= 0.6 is 0 Å². The summed E-state index contributed by atoms with van der Waals surface area (Å²) < 4.78 is 16.6. The number of esters is 3. The number of hydrogen-bond acceptors (Lipinski definition) is 6. The minimum absolute atomic E-state index is 0.0634. The lowest BCUT2D eigenvalue weighted by molar-refractivity contribution is -0.167. The first-order valence-electron chi connectivity index (χ1n) is 22.5. The Morgan fingerprint density at radius 3 is 0.784 bits per heavy atom. The average molecular weight is 723 g/mol. The number of ether oxygens (including phenoxy) is 3. The second-order valence-corrected chi connectivity index (χ2v) is 15.3. The van der Waals surface area contributed by atoms with E-state index in [4.69, 9.17) is 14.2 Å². The molecule has 0 amide bonds. The van der Waals surface area contributed by atoms with Crippen molar-refractivity contribution in [1.29, 1.82) is 0 Å². The Kier molecular flexibility index (Phi) is 39.9. The monoisotopic (exact) mass is 723 g/mol. The molecule has 6 heteroatoms. The van der Waals surface area contributed by atoms with Gasteiger partial charge in [0.25, 0.3) is 0 Å². The summed E-state index contributed by atoms with van der Waals surface area (Å²) in [6, 6.07) is 0. The van der Waals surface area contributed by atoms with Crippen LogP contribution in [0.25, 0.3) is 0 Å². The van der Waals surface area contributed by atoms with Crippen LogP contribution in [0.5, 0.6) is 0 Å². The van der Waals surface area contributed by atoms with Crippen molar-refractivity contribution in [3.8, 4) is 0 Å². The van der Waals surface area contributed by atoms with Crippen molar-refractivity contribution in [3.05, 3.63) is 0 Å². The first kappa shape index (κ1) is 49.4. The number of carbonyl (C=O) groups excluding carboxylic acids is 3. The highest BCUT2D eigenvalue weighted by Crippen LogP contribution is 2.16. The molecule has 0 aliphatic heterocycles. The number of carbonyl (C=O) groups is 3. The summed E-state index contributed by atoms with van der Waals surface area (Å²) >= 11 is 0. The van der Waals surface area contributed by atoms with Crippen molar-refractivity contribution in [2.45, 2.75) is 258 Å². The second-order valence-electron chi connectivity index (χ2n) is 15.3. The van der Waals surface area contributed by atoms with Crippen molar-refractivity contribution in [1.82, 2.24) is 0 Å². The van der Waals surface area contributed by atoms with E-state index >= 15 is 0 Å². The third-order valence-corrected chi connectivity index (χ3v) is 10.1. The Morgan fingerprint density at radius 2 is 0.529 bits per heavy atom. The van der Waals surface area contributed by atoms with Gasteiger partial charge in [-0.3, -0.25) is 14.4 Å². The van der Waals surface area contributed by atoms with Crippen LogP contribution in [-0.4, -0.2) is 37.2 Å². The van der Waals surface area contributed by atoms with Gasteiger partial charge in [-0.1, -0.05) is 213 Å². The summed E-state index contributed by atoms with van der Waals surface area (Å²) in [5.41, 5.74) is 0. The summed E-state index contributed by atoms with van der Waals surface area (Å²) in [4.78, 5) is 37.5. The van der Waals surface area contributed by atoms with E-state index in [-0.39, 0.29) is 31.1 Å². The van der Waals surface area contributed by atoms with E-state index in [1.54, 1.807) is 0 Å². The maximum absolute atomic E-state index is 12.6. The Morgan fingerprint density at radius 1 is 0.314 bits per heavy atom. The van der Waals surface area contributed by atoms with Crippen LogP contribution in [0, 0.1) is 0 Å². The summed E-state index contributed by atoms with van der Waals surface area (Å²) in [7, 11) is 0. The predicted octanol–water partition coefficient (Wildman–Crippen LogP) is 14.1. The van der Waals surface area contributed by atoms with E-state index in [9.17, 15) is 14.4 Å². The molecule has 6 nitrogen and oxygen atoms in total. The molecule has 0 aromatic heterocycles. The quantitative estimate of drug-likeness (QED) is 0.0355. The van der Waals surface area contributed by atoms with E-state index in [1.807, 2.05) is 0 Å². The fourth-order valence-corrected chi connectivity index (χ4v) is 6.68. The van der Waals surface area contributed by atoms with Crippen molar-refractivity contribution >= 4 is 17.9 Å². The first-order chi connectivity index (χ1) is 25.0. The Hall–Kier alpha value is -1.59. The highest BCUT2D eigenvalue weighted by Gasteiger charge is 2.19. The van der Waals surface area contributed by atoms with Gasteiger partial charge in [-0.25, -0.2) is 0 Å². The fraction of sp³-hybridized carbons (Fsp3) is 0.933. The molecule has 0 N–H and O–H groups in total. The molecular formula is C45H86O6. The molecule has 0 aliphatic rings. The lowest BCUT2D eigenvalue weighted by Gasteiger charge is -2.18. The highest BCUT2D eigenvalue weighted by molar-refractivity contribution is 5.71. The molecule has 302 valence electrons. The van der Waals surface area contributed by atoms with Gasteiger partial charge in [0.2, 0.25) is 0 Å². The van der Waals surface area contributed by atoms with Crippen molar-refractivity contribution in [2.75, 3.05) is 13.2 Å². The Balaban J connectivity index is 4.21. The molecule has 0 radical (unpaired) electrons. The van der Waals surface area contributed by atoms with Gasteiger partial charge in [0.1, 0.15) is 13.2 Å². The first-order valence-corrected chi connectivity index (χ1v) is 22.5. The molecule has 1 unspecified atom stereocenters. The number of unbranched alkanes of at least 4 members (excludes halogenated alkanes) is 30. The maximum Gasteiger partial charge on any atom is 0.306 e. The smallest absolute Gasteiger partial charge is 0.306 e. The van der Waals surface area contributed by atoms with Gasteiger partial charge in [0.15, 0.2) is 6.10 Å². The molecule has 0 aliphatic carbocycles. The van der Waals surface area contributed by atoms with Crippen LogP contribution in [0.1, 0.15) is 252 Å². The normalized spacial score (nSPS) is 11.8. The van der Waals surface area contributed by atoms with Crippen LogP contribution in [0.3, 0.4) is 0 Å². The molecule has 0 fully saturated rings. The topological polar surface area (TPSA) is 78.9 Å². The Labute approximate surface area is 317 Å². The van der Waals surface area contributed by atoms with Crippen molar-refractivity contribution in [2.24, 2.45) is 0 Å². The number of hydrogen-bond donors (Lipinski definition) is 0. The van der Waals surface area contributed by atoms with E-state index in [0.717, 1.165) is 57.8 Å². The zero-order valence-corrected chi connectivity index (χ0v) is 34.4. The lowest BCUT2D eigenvalue weighted by atomic mass is 10.0. The molecule has 0 bridgehead atoms. The van der Waals surface area contributed by atoms with Gasteiger partial charge in [0, 0.05) is 19.3 Å². The second kappa shape index (κ2) is 41.2. The molecule has 51 heavy (non-hydrogen) atoms. The number of rotatable bonds is 41. The molecular weight excluding hydrogens is 636 g/mol. The van der Waals surface area contributed by atoms with Crippen LogP contribution in [0.2, 0.25) is 0 Å². The van der Waals surface area contributed by atoms with Crippen LogP contribution < -0.4 is 0 Å². The standard InChI is InChI=1S/C45H86O6/c1-4-7-10-13-16-18-20-22-23-24-26-27-29-32-35-38-44(47)50-41-42(40-49-43(46)37-34-31-15-12-9-6-3)51-45(48)39-36-33-30-28-25-21-19-17-14-11-8-5-2/h42H,4-41H2,1-3H3. The zero-order chi connectivity index (χ0) is 37.3. The fourth-order valence-electron chi connectivity index (χ4n) is 6.68. The maximum atomic E-state index is 12.6. The van der Waals surface area contributed by atoms with E-state index in [2.05, 4.69) is 20.8 Å². The van der Waals surface area contributed by atoms with Gasteiger partial charge in [0.05, 0.1) is 0 Å². The minimum atomic E-state index is -0.756. The lowest BCUT2D eigenvalue weighted by Crippen LogP contribution is -2.30. The molecule has 0 spiro atoms. The minimum Gasteiger partial charge on any atom is -0.462 e. The Bertz CT molecular complexity index is 753. The van der Waals surface area contributed by atoms with Crippen molar-refractivity contribution in [3.63, 3.8) is 0 Å². The molecule has 0 aromatic carbocycles. The third kappa shape index (κ3) is 39.5.